The summed E-state index contributed by atoms with van der Waals surface area (Å²) >= 11 is 0. The normalized spacial score (nSPS) is 11.8. The number of nitrogens with one attached hydrogen (secondary N) is 3. The average Bonchev–Trinajstić information content (AvgIpc) is 2.83. The lowest BCUT2D eigenvalue weighted by Crippen LogP contribution is -2.41. The van der Waals surface area contributed by atoms with Crippen molar-refractivity contribution in [3.05, 3.63) is 0 Å². The Bertz CT molecular complexity index is 540. The van der Waals surface area contributed by atoms with Crippen LogP contribution in [0.5, 0.6) is 0 Å². The molecule has 0 aromatic heterocycles. The Balaban J connectivity index is 3.43. The Hall–Kier alpha value is -1.83. The molecule has 0 aromatic carbocycles. The lowest BCUT2D eigenvalue weighted by Gasteiger charge is -2.19. The minimum absolute atomic E-state index is 0.0191. The van der Waals surface area contributed by atoms with Gasteiger partial charge in [-0.25, -0.2) is 0 Å². The van der Waals surface area contributed by atoms with Crippen molar-refractivity contribution < 1.29 is 33.3 Å². The predicted molar refractivity (Wildman–Crippen MR) is 128 cm³/mol. The van der Waals surface area contributed by atoms with Gasteiger partial charge in [-0.1, -0.05) is 0 Å². The van der Waals surface area contributed by atoms with Gasteiger partial charge in [0.05, 0.1) is 45.7 Å². The molecule has 0 saturated carbocycles. The molecule has 0 unspecified atom stereocenters. The fraction of sp³-hybridized carbons (Fsp3) is 0.864. The molecule has 200 valence electrons. The van der Waals surface area contributed by atoms with Gasteiger partial charge in [0.25, 0.3) is 0 Å². The first-order valence-electron chi connectivity index (χ1n) is 11.9. The molecule has 0 fully saturated rings. The molecule has 0 spiro atoms. The molecule has 34 heavy (non-hydrogen) atoms. The molecule has 0 saturated heterocycles. The van der Waals surface area contributed by atoms with Crippen LogP contribution in [0, 0.1) is 0 Å². The quantitative estimate of drug-likeness (QED) is 0.125. The monoisotopic (exact) mass is 491 g/mol. The highest BCUT2D eigenvalue weighted by atomic mass is 16.5. The molecule has 0 aromatic rings. The molecule has 5 N–H and O–H groups in total. The van der Waals surface area contributed by atoms with Crippen molar-refractivity contribution in [3.63, 3.8) is 0 Å². The Labute approximate surface area is 203 Å². The average molecular weight is 492 g/mol. The van der Waals surface area contributed by atoms with Crippen molar-refractivity contribution >= 4 is 17.7 Å². The van der Waals surface area contributed by atoms with E-state index in [1.807, 2.05) is 14.0 Å². The maximum atomic E-state index is 11.9. The number of carbonyl (C=O) groups excluding carboxylic acids is 3. The van der Waals surface area contributed by atoms with E-state index in [1.165, 1.54) is 0 Å². The number of hydrogen-bond donors (Lipinski definition) is 4. The predicted octanol–water partition coefficient (Wildman–Crippen LogP) is -1.52. The summed E-state index contributed by atoms with van der Waals surface area (Å²) in [6.07, 6.45) is 2.09. The summed E-state index contributed by atoms with van der Waals surface area (Å²) in [6.45, 7) is 6.48. The highest BCUT2D eigenvalue weighted by Crippen LogP contribution is 2.01. The first-order valence-corrected chi connectivity index (χ1v) is 11.9. The van der Waals surface area contributed by atoms with E-state index in [1.54, 1.807) is 11.9 Å². The van der Waals surface area contributed by atoms with Crippen LogP contribution in [-0.4, -0.2) is 122 Å². The summed E-state index contributed by atoms with van der Waals surface area (Å²) in [5.41, 5.74) is 5.87. The molecule has 0 aliphatic heterocycles. The van der Waals surface area contributed by atoms with Crippen molar-refractivity contribution in [2.24, 2.45) is 5.73 Å². The van der Waals surface area contributed by atoms with E-state index in [0.717, 1.165) is 19.4 Å². The summed E-state index contributed by atoms with van der Waals surface area (Å²) < 4.78 is 21.1. The van der Waals surface area contributed by atoms with Gasteiger partial charge >= 0.3 is 0 Å². The van der Waals surface area contributed by atoms with Gasteiger partial charge in [-0.2, -0.15) is 0 Å². The van der Waals surface area contributed by atoms with E-state index in [0.29, 0.717) is 59.1 Å². The number of likely N-dealkylation sites (N-methyl/N-ethyl adjacent to an activating group) is 2. The standard InChI is InChI=1S/C22H45N5O7/c1-4-27(3)22(30)19(23)7-5-6-8-25-20(28)17-33-16-14-32-12-10-26-21(29)18-34-15-13-31-11-9-24-2/h19,24H,4-18,23H2,1-3H3,(H,25,28)(H,26,29)/t19-/m1/s1. The second-order valence-electron chi connectivity index (χ2n) is 7.59. The zero-order chi connectivity index (χ0) is 25.4. The smallest absolute Gasteiger partial charge is 0.246 e. The third kappa shape index (κ3) is 19.6. The zero-order valence-corrected chi connectivity index (χ0v) is 21.1. The van der Waals surface area contributed by atoms with Crippen LogP contribution in [0.3, 0.4) is 0 Å². The molecule has 12 nitrogen and oxygen atoms in total. The van der Waals surface area contributed by atoms with E-state index in [4.69, 9.17) is 24.7 Å². The van der Waals surface area contributed by atoms with Crippen LogP contribution in [0.2, 0.25) is 0 Å². The SMILES string of the molecule is CCN(C)C(=O)[C@H](N)CCCCNC(=O)COCCOCCNC(=O)COCCOCCNC. The highest BCUT2D eigenvalue weighted by molar-refractivity contribution is 5.81. The highest BCUT2D eigenvalue weighted by Gasteiger charge is 2.16. The zero-order valence-electron chi connectivity index (χ0n) is 21.1. The summed E-state index contributed by atoms with van der Waals surface area (Å²) in [5.74, 6) is -0.477. The molecule has 0 heterocycles. The second kappa shape index (κ2) is 22.9. The summed E-state index contributed by atoms with van der Waals surface area (Å²) in [7, 11) is 3.58. The lowest BCUT2D eigenvalue weighted by atomic mass is 10.1. The van der Waals surface area contributed by atoms with E-state index in [9.17, 15) is 14.4 Å². The number of nitrogens with two attached hydrogens (primary N) is 1. The van der Waals surface area contributed by atoms with Gasteiger partial charge < -0.3 is 45.5 Å². The van der Waals surface area contributed by atoms with Crippen LogP contribution < -0.4 is 21.7 Å². The van der Waals surface area contributed by atoms with Crippen molar-refractivity contribution in [2.75, 3.05) is 93.1 Å². The molecule has 0 rings (SSSR count). The molecule has 0 bridgehead atoms. The molecule has 12 heteroatoms. The van der Waals surface area contributed by atoms with Crippen molar-refractivity contribution in [1.82, 2.24) is 20.9 Å². The molecular formula is C22H45N5O7. The molecule has 0 aliphatic rings. The van der Waals surface area contributed by atoms with E-state index in [-0.39, 0.29) is 37.5 Å². The van der Waals surface area contributed by atoms with Crippen molar-refractivity contribution in [1.29, 1.82) is 0 Å². The summed E-state index contributed by atoms with van der Waals surface area (Å²) in [5, 5.41) is 8.42. The van der Waals surface area contributed by atoms with Gasteiger partial charge in [-0.3, -0.25) is 14.4 Å². The Morgan fingerprint density at radius 2 is 1.32 bits per heavy atom. The van der Waals surface area contributed by atoms with Crippen LogP contribution in [0.1, 0.15) is 26.2 Å². The fourth-order valence-corrected chi connectivity index (χ4v) is 2.59. The summed E-state index contributed by atoms with van der Waals surface area (Å²) in [4.78, 5) is 36.8. The molecular weight excluding hydrogens is 446 g/mol. The lowest BCUT2D eigenvalue weighted by molar-refractivity contribution is -0.131. The van der Waals surface area contributed by atoms with Crippen LogP contribution in [0.25, 0.3) is 0 Å². The van der Waals surface area contributed by atoms with Crippen molar-refractivity contribution in [2.45, 2.75) is 32.2 Å². The van der Waals surface area contributed by atoms with Crippen LogP contribution in [-0.2, 0) is 33.3 Å². The second-order valence-corrected chi connectivity index (χ2v) is 7.59. The Morgan fingerprint density at radius 3 is 1.88 bits per heavy atom. The largest absolute Gasteiger partial charge is 0.378 e. The topological polar surface area (TPSA) is 153 Å². The molecule has 3 amide bonds. The van der Waals surface area contributed by atoms with Gasteiger partial charge in [0.1, 0.15) is 13.2 Å². The molecule has 0 aliphatic carbocycles. The van der Waals surface area contributed by atoms with E-state index >= 15 is 0 Å². The Kier molecular flexibility index (Phi) is 21.7. The third-order valence-electron chi connectivity index (χ3n) is 4.71. The number of unbranched alkanes of at least 4 members (excludes halogenated alkanes) is 1. The van der Waals surface area contributed by atoms with E-state index < -0.39 is 6.04 Å². The number of nitrogens with zero attached hydrogens (tertiary/aromatic N) is 1. The first-order chi connectivity index (χ1) is 16.4. The number of rotatable bonds is 23. The minimum Gasteiger partial charge on any atom is -0.378 e. The molecule has 1 atom stereocenters. The number of ether oxygens (including phenoxy) is 4. The minimum atomic E-state index is -0.496. The van der Waals surface area contributed by atoms with Gasteiger partial charge in [0, 0.05) is 33.2 Å². The first kappa shape index (κ1) is 32.2. The van der Waals surface area contributed by atoms with Crippen LogP contribution in [0.15, 0.2) is 0 Å². The number of amides is 3. The maximum absolute atomic E-state index is 11.9. The van der Waals surface area contributed by atoms with Crippen molar-refractivity contribution in [3.8, 4) is 0 Å². The fourth-order valence-electron chi connectivity index (χ4n) is 2.59. The Morgan fingerprint density at radius 1 is 0.794 bits per heavy atom. The molecule has 0 radical (unpaired) electrons. The maximum Gasteiger partial charge on any atom is 0.246 e. The number of hydrogen-bond acceptors (Lipinski definition) is 9. The van der Waals surface area contributed by atoms with Crippen LogP contribution >= 0.6 is 0 Å². The summed E-state index contributed by atoms with van der Waals surface area (Å²) in [6, 6.07) is -0.496. The number of carbonyl (C=O) groups is 3. The van der Waals surface area contributed by atoms with Gasteiger partial charge in [0.15, 0.2) is 0 Å². The van der Waals surface area contributed by atoms with Crippen LogP contribution in [0.4, 0.5) is 0 Å². The third-order valence-corrected chi connectivity index (χ3v) is 4.71. The van der Waals surface area contributed by atoms with Gasteiger partial charge in [-0.15, -0.1) is 0 Å². The van der Waals surface area contributed by atoms with Gasteiger partial charge in [0.2, 0.25) is 17.7 Å². The van der Waals surface area contributed by atoms with E-state index in [2.05, 4.69) is 16.0 Å². The van der Waals surface area contributed by atoms with Gasteiger partial charge in [-0.05, 0) is 33.2 Å².